The van der Waals surface area contributed by atoms with Crippen molar-refractivity contribution in [3.63, 3.8) is 0 Å². The third-order valence-electron chi connectivity index (χ3n) is 2.90. The zero-order valence-electron chi connectivity index (χ0n) is 12.6. The van der Waals surface area contributed by atoms with Crippen molar-refractivity contribution in [3.8, 4) is 0 Å². The van der Waals surface area contributed by atoms with Gasteiger partial charge in [-0.1, -0.05) is 20.8 Å². The van der Waals surface area contributed by atoms with Gasteiger partial charge >= 0.3 is 0 Å². The maximum atomic E-state index is 12.1. The Hall–Kier alpha value is -0.430. The van der Waals surface area contributed by atoms with Gasteiger partial charge < -0.3 is 5.32 Å². The summed E-state index contributed by atoms with van der Waals surface area (Å²) in [7, 11) is -3.33. The highest BCUT2D eigenvalue weighted by Gasteiger charge is 2.15. The molecule has 0 unspecified atom stereocenters. The summed E-state index contributed by atoms with van der Waals surface area (Å²) in [5.74, 6) is 0.609. The van der Waals surface area contributed by atoms with E-state index >= 15 is 0 Å². The molecule has 1 rings (SSSR count). The van der Waals surface area contributed by atoms with Crippen LogP contribution in [-0.4, -0.2) is 21.5 Å². The van der Waals surface area contributed by atoms with Gasteiger partial charge in [-0.2, -0.15) is 0 Å². The molecule has 0 radical (unpaired) electrons. The van der Waals surface area contributed by atoms with Crippen LogP contribution in [0.15, 0.2) is 15.7 Å². The maximum absolute atomic E-state index is 12.1. The molecule has 0 aliphatic heterocycles. The summed E-state index contributed by atoms with van der Waals surface area (Å²) in [6.07, 6.45) is 3.00. The predicted octanol–water partition coefficient (Wildman–Crippen LogP) is 2.96. The Labute approximate surface area is 127 Å². The number of rotatable bonds is 10. The minimum Gasteiger partial charge on any atom is -0.313 e. The molecule has 1 aromatic rings. The van der Waals surface area contributed by atoms with E-state index in [1.807, 2.05) is 5.38 Å². The van der Waals surface area contributed by atoms with E-state index in [1.165, 1.54) is 11.3 Å². The van der Waals surface area contributed by atoms with Crippen molar-refractivity contribution in [1.82, 2.24) is 10.0 Å². The summed E-state index contributed by atoms with van der Waals surface area (Å²) in [6.45, 7) is 8.59. The molecular formula is C14H26N2O2S2. The largest absolute Gasteiger partial charge is 0.313 e. The summed E-state index contributed by atoms with van der Waals surface area (Å²) in [5, 5.41) is 5.18. The van der Waals surface area contributed by atoms with Crippen molar-refractivity contribution < 1.29 is 8.42 Å². The summed E-state index contributed by atoms with van der Waals surface area (Å²) >= 11 is 1.29. The lowest BCUT2D eigenvalue weighted by molar-refractivity contribution is 0.540. The third kappa shape index (κ3) is 6.35. The van der Waals surface area contributed by atoms with E-state index in [-0.39, 0.29) is 0 Å². The molecule has 0 amide bonds. The number of nitrogens with one attached hydrogen (secondary N) is 2. The van der Waals surface area contributed by atoms with Crippen LogP contribution in [0.4, 0.5) is 0 Å². The number of hydrogen-bond donors (Lipinski definition) is 2. The molecule has 2 N–H and O–H groups in total. The highest BCUT2D eigenvalue weighted by atomic mass is 32.2. The Morgan fingerprint density at radius 2 is 2.05 bits per heavy atom. The van der Waals surface area contributed by atoms with Gasteiger partial charge in [0.05, 0.1) is 0 Å². The van der Waals surface area contributed by atoms with Gasteiger partial charge in [-0.15, -0.1) is 11.3 Å². The van der Waals surface area contributed by atoms with Gasteiger partial charge in [0.15, 0.2) is 0 Å². The molecule has 0 spiro atoms. The topological polar surface area (TPSA) is 58.2 Å². The first-order chi connectivity index (χ1) is 9.45. The van der Waals surface area contributed by atoms with Crippen LogP contribution in [0.25, 0.3) is 0 Å². The lowest BCUT2D eigenvalue weighted by Gasteiger charge is -2.06. The second kappa shape index (κ2) is 8.77. The van der Waals surface area contributed by atoms with Crippen LogP contribution < -0.4 is 10.0 Å². The van der Waals surface area contributed by atoms with Gasteiger partial charge in [-0.25, -0.2) is 13.1 Å². The van der Waals surface area contributed by atoms with Crippen LogP contribution in [0.5, 0.6) is 0 Å². The average molecular weight is 319 g/mol. The fraction of sp³-hybridized carbons (Fsp3) is 0.714. The maximum Gasteiger partial charge on any atom is 0.250 e. The van der Waals surface area contributed by atoms with E-state index in [4.69, 9.17) is 0 Å². The Morgan fingerprint density at radius 1 is 1.30 bits per heavy atom. The van der Waals surface area contributed by atoms with Crippen molar-refractivity contribution in [2.45, 2.75) is 50.8 Å². The van der Waals surface area contributed by atoms with E-state index in [1.54, 1.807) is 6.07 Å². The number of sulfonamides is 1. The molecule has 116 valence electrons. The first-order valence-corrected chi connectivity index (χ1v) is 9.59. The van der Waals surface area contributed by atoms with Gasteiger partial charge in [0.25, 0.3) is 0 Å². The van der Waals surface area contributed by atoms with Gasteiger partial charge in [0.1, 0.15) is 4.21 Å². The quantitative estimate of drug-likeness (QED) is 0.652. The van der Waals surface area contributed by atoms with E-state index in [0.29, 0.717) is 16.7 Å². The highest BCUT2D eigenvalue weighted by molar-refractivity contribution is 7.91. The lowest BCUT2D eigenvalue weighted by Crippen LogP contribution is -2.24. The predicted molar refractivity (Wildman–Crippen MR) is 85.6 cm³/mol. The first-order valence-electron chi connectivity index (χ1n) is 7.23. The van der Waals surface area contributed by atoms with Crippen LogP contribution in [0.1, 0.15) is 45.6 Å². The van der Waals surface area contributed by atoms with Gasteiger partial charge in [-0.05, 0) is 48.7 Å². The highest BCUT2D eigenvalue weighted by Crippen LogP contribution is 2.20. The molecular weight excluding hydrogens is 292 g/mol. The second-order valence-electron chi connectivity index (χ2n) is 5.38. The summed E-state index contributed by atoms with van der Waals surface area (Å²) < 4.78 is 27.3. The van der Waals surface area contributed by atoms with E-state index in [9.17, 15) is 8.42 Å². The van der Waals surface area contributed by atoms with Crippen molar-refractivity contribution in [2.24, 2.45) is 5.92 Å². The summed E-state index contributed by atoms with van der Waals surface area (Å²) in [5.41, 5.74) is 1.03. The normalized spacial score (nSPS) is 12.2. The average Bonchev–Trinajstić information content (AvgIpc) is 2.84. The first kappa shape index (κ1) is 17.6. The molecule has 1 aromatic heterocycles. The lowest BCUT2D eigenvalue weighted by atomic mass is 10.1. The molecule has 0 bridgehead atoms. The van der Waals surface area contributed by atoms with Crippen LogP contribution in [0.2, 0.25) is 0 Å². The van der Waals surface area contributed by atoms with Crippen molar-refractivity contribution in [3.05, 3.63) is 17.0 Å². The monoisotopic (exact) mass is 318 g/mol. The smallest absolute Gasteiger partial charge is 0.250 e. The summed E-state index contributed by atoms with van der Waals surface area (Å²) in [6, 6.07) is 1.76. The van der Waals surface area contributed by atoms with Crippen LogP contribution >= 0.6 is 11.3 Å². The molecule has 1 heterocycles. The molecule has 0 saturated carbocycles. The van der Waals surface area contributed by atoms with E-state index < -0.39 is 10.0 Å². The molecule has 0 aromatic carbocycles. The van der Waals surface area contributed by atoms with Crippen molar-refractivity contribution in [2.75, 3.05) is 13.1 Å². The Bertz CT molecular complexity index is 481. The van der Waals surface area contributed by atoms with Gasteiger partial charge in [0.2, 0.25) is 10.0 Å². The zero-order valence-corrected chi connectivity index (χ0v) is 14.2. The van der Waals surface area contributed by atoms with Crippen molar-refractivity contribution >= 4 is 21.4 Å². The molecule has 0 aliphatic carbocycles. The Morgan fingerprint density at radius 3 is 2.70 bits per heavy atom. The second-order valence-corrected chi connectivity index (χ2v) is 8.29. The molecule has 0 fully saturated rings. The molecule has 6 heteroatoms. The Kier molecular flexibility index (Phi) is 7.72. The minimum absolute atomic E-state index is 0.412. The number of hydrogen-bond acceptors (Lipinski definition) is 4. The standard InChI is InChI=1S/C14H26N2O2S2/c1-4-7-15-10-13-9-14(19-11-13)20(17,18)16-8-5-6-12(2)3/h9,11-12,15-16H,4-8,10H2,1-3H3. The molecule has 20 heavy (non-hydrogen) atoms. The zero-order chi connectivity index (χ0) is 15.0. The minimum atomic E-state index is -3.33. The van der Waals surface area contributed by atoms with Crippen LogP contribution in [0, 0.1) is 5.92 Å². The SMILES string of the molecule is CCCNCc1csc(S(=O)(=O)NCCCC(C)C)c1. The van der Waals surface area contributed by atoms with Crippen LogP contribution in [0.3, 0.4) is 0 Å². The Balaban J connectivity index is 2.46. The molecule has 0 aliphatic rings. The van der Waals surface area contributed by atoms with Crippen molar-refractivity contribution in [1.29, 1.82) is 0 Å². The van der Waals surface area contributed by atoms with E-state index in [2.05, 4.69) is 30.8 Å². The van der Waals surface area contributed by atoms with Crippen LogP contribution in [-0.2, 0) is 16.6 Å². The van der Waals surface area contributed by atoms with Gasteiger partial charge in [0, 0.05) is 13.1 Å². The third-order valence-corrected chi connectivity index (χ3v) is 5.85. The number of thiophene rings is 1. The molecule has 4 nitrogen and oxygen atoms in total. The van der Waals surface area contributed by atoms with Gasteiger partial charge in [-0.3, -0.25) is 0 Å². The fourth-order valence-corrected chi connectivity index (χ4v) is 4.11. The summed E-state index contributed by atoms with van der Waals surface area (Å²) in [4.78, 5) is 0. The molecule has 0 atom stereocenters. The fourth-order valence-electron chi connectivity index (χ4n) is 1.78. The van der Waals surface area contributed by atoms with E-state index in [0.717, 1.165) is 37.9 Å². The molecule has 0 saturated heterocycles.